The maximum Gasteiger partial charge on any atom is 0.282 e. The number of para-hydroxylation sites is 1. The molecular formula is C12H12N2O2. The fraction of sp³-hybridized carbons (Fsp3) is 0.167. The number of rotatable bonds is 3. The number of carbonyl (C=O) groups is 1. The molecule has 0 saturated heterocycles. The van der Waals surface area contributed by atoms with Crippen LogP contribution >= 0.6 is 0 Å². The standard InChI is InChI=1S/C12H12N2O2/c1-2-11-10(8-15)12(16)14(13-11)9-6-4-3-5-7-9/h3-8,13H,2H2,1H3. The van der Waals surface area contributed by atoms with Crippen molar-refractivity contribution in [1.29, 1.82) is 0 Å². The molecule has 0 saturated carbocycles. The van der Waals surface area contributed by atoms with Gasteiger partial charge in [0.1, 0.15) is 5.56 Å². The molecule has 4 nitrogen and oxygen atoms in total. The normalized spacial score (nSPS) is 10.3. The number of aldehydes is 1. The number of carbonyl (C=O) groups excluding carboxylic acids is 1. The third-order valence-corrected chi connectivity index (χ3v) is 2.49. The van der Waals surface area contributed by atoms with Gasteiger partial charge in [0.25, 0.3) is 5.56 Å². The van der Waals surface area contributed by atoms with Gasteiger partial charge in [0.05, 0.1) is 5.69 Å². The van der Waals surface area contributed by atoms with E-state index in [0.717, 1.165) is 5.69 Å². The molecule has 4 heteroatoms. The Labute approximate surface area is 92.5 Å². The molecule has 0 radical (unpaired) electrons. The maximum absolute atomic E-state index is 11.9. The zero-order valence-electron chi connectivity index (χ0n) is 8.93. The van der Waals surface area contributed by atoms with Gasteiger partial charge in [0.15, 0.2) is 6.29 Å². The third-order valence-electron chi connectivity index (χ3n) is 2.49. The molecule has 1 N–H and O–H groups in total. The molecule has 0 aliphatic heterocycles. The Morgan fingerprint density at radius 1 is 1.31 bits per heavy atom. The highest BCUT2D eigenvalue weighted by molar-refractivity contribution is 5.76. The molecule has 0 bridgehead atoms. The minimum Gasteiger partial charge on any atom is -0.298 e. The summed E-state index contributed by atoms with van der Waals surface area (Å²) in [7, 11) is 0. The summed E-state index contributed by atoms with van der Waals surface area (Å²) in [5.74, 6) is 0. The van der Waals surface area contributed by atoms with Crippen LogP contribution in [0.15, 0.2) is 35.1 Å². The topological polar surface area (TPSA) is 54.9 Å². The van der Waals surface area contributed by atoms with E-state index in [0.29, 0.717) is 18.4 Å². The van der Waals surface area contributed by atoms with Gasteiger partial charge in [0, 0.05) is 5.69 Å². The minimum atomic E-state index is -0.293. The molecule has 0 aliphatic rings. The molecule has 0 amide bonds. The summed E-state index contributed by atoms with van der Waals surface area (Å²) >= 11 is 0. The zero-order chi connectivity index (χ0) is 11.5. The van der Waals surface area contributed by atoms with Crippen molar-refractivity contribution in [3.05, 3.63) is 51.9 Å². The first-order chi connectivity index (χ1) is 7.77. The predicted octanol–water partition coefficient (Wildman–Crippen LogP) is 1.54. The van der Waals surface area contributed by atoms with E-state index >= 15 is 0 Å². The fourth-order valence-electron chi connectivity index (χ4n) is 1.65. The number of benzene rings is 1. The number of hydrogen-bond donors (Lipinski definition) is 1. The second-order valence-corrected chi connectivity index (χ2v) is 3.45. The van der Waals surface area contributed by atoms with Gasteiger partial charge in [-0.1, -0.05) is 25.1 Å². The lowest BCUT2D eigenvalue weighted by Gasteiger charge is -1.99. The van der Waals surface area contributed by atoms with Crippen LogP contribution in [0.25, 0.3) is 5.69 Å². The largest absolute Gasteiger partial charge is 0.298 e. The van der Waals surface area contributed by atoms with E-state index in [4.69, 9.17) is 0 Å². The van der Waals surface area contributed by atoms with Gasteiger partial charge in [0.2, 0.25) is 0 Å². The van der Waals surface area contributed by atoms with Crippen molar-refractivity contribution in [3.63, 3.8) is 0 Å². The number of H-pyrrole nitrogens is 1. The van der Waals surface area contributed by atoms with Gasteiger partial charge >= 0.3 is 0 Å². The SMILES string of the molecule is CCc1[nH]n(-c2ccccc2)c(=O)c1C=O. The van der Waals surface area contributed by atoms with Gasteiger partial charge in [-0.05, 0) is 18.6 Å². The molecule has 0 fully saturated rings. The van der Waals surface area contributed by atoms with Crippen molar-refractivity contribution >= 4 is 6.29 Å². The first-order valence-electron chi connectivity index (χ1n) is 5.12. The van der Waals surface area contributed by atoms with Crippen LogP contribution in [0.2, 0.25) is 0 Å². The minimum absolute atomic E-state index is 0.214. The molecule has 0 atom stereocenters. The highest BCUT2D eigenvalue weighted by Gasteiger charge is 2.12. The summed E-state index contributed by atoms with van der Waals surface area (Å²) < 4.78 is 1.39. The summed E-state index contributed by atoms with van der Waals surface area (Å²) in [5.41, 5.74) is 1.32. The average Bonchev–Trinajstić information content (AvgIpc) is 2.66. The molecule has 16 heavy (non-hydrogen) atoms. The Balaban J connectivity index is 2.64. The van der Waals surface area contributed by atoms with Crippen molar-refractivity contribution in [2.24, 2.45) is 0 Å². The predicted molar refractivity (Wildman–Crippen MR) is 61.2 cm³/mol. The summed E-state index contributed by atoms with van der Waals surface area (Å²) in [6.45, 7) is 1.90. The van der Waals surface area contributed by atoms with Crippen LogP contribution in [0.5, 0.6) is 0 Å². The highest BCUT2D eigenvalue weighted by atomic mass is 16.1. The Bertz CT molecular complexity index is 552. The summed E-state index contributed by atoms with van der Waals surface area (Å²) in [6, 6.07) is 9.18. The van der Waals surface area contributed by atoms with Crippen LogP contribution in [-0.2, 0) is 6.42 Å². The first-order valence-corrected chi connectivity index (χ1v) is 5.12. The zero-order valence-corrected chi connectivity index (χ0v) is 8.93. The summed E-state index contributed by atoms with van der Waals surface area (Å²) in [6.07, 6.45) is 1.24. The van der Waals surface area contributed by atoms with Gasteiger partial charge in [-0.25, -0.2) is 4.68 Å². The number of nitrogens with zero attached hydrogens (tertiary/aromatic N) is 1. The lowest BCUT2D eigenvalue weighted by Crippen LogP contribution is -2.16. The van der Waals surface area contributed by atoms with Crippen LogP contribution in [-0.4, -0.2) is 16.1 Å². The van der Waals surface area contributed by atoms with Crippen LogP contribution in [0.4, 0.5) is 0 Å². The number of hydrogen-bond acceptors (Lipinski definition) is 2. The lowest BCUT2D eigenvalue weighted by molar-refractivity contribution is 0.112. The van der Waals surface area contributed by atoms with Gasteiger partial charge in [-0.2, -0.15) is 0 Å². The third kappa shape index (κ3) is 1.58. The highest BCUT2D eigenvalue weighted by Crippen LogP contribution is 2.06. The summed E-state index contributed by atoms with van der Waals surface area (Å²) in [5, 5.41) is 2.94. The van der Waals surface area contributed by atoms with Crippen LogP contribution in [0.3, 0.4) is 0 Å². The van der Waals surface area contributed by atoms with E-state index < -0.39 is 0 Å². The second-order valence-electron chi connectivity index (χ2n) is 3.45. The second kappa shape index (κ2) is 4.18. The van der Waals surface area contributed by atoms with Crippen LogP contribution in [0.1, 0.15) is 23.0 Å². The summed E-state index contributed by atoms with van der Waals surface area (Å²) in [4.78, 5) is 22.7. The van der Waals surface area contributed by atoms with Gasteiger partial charge in [-0.3, -0.25) is 14.7 Å². The van der Waals surface area contributed by atoms with Crippen molar-refractivity contribution in [2.45, 2.75) is 13.3 Å². The first kappa shape index (κ1) is 10.4. The molecule has 0 aliphatic carbocycles. The number of aromatic amines is 1. The van der Waals surface area contributed by atoms with Crippen molar-refractivity contribution < 1.29 is 4.79 Å². The number of nitrogens with one attached hydrogen (secondary N) is 1. The molecule has 1 aromatic heterocycles. The number of aromatic nitrogens is 2. The van der Waals surface area contributed by atoms with E-state index in [-0.39, 0.29) is 11.1 Å². The van der Waals surface area contributed by atoms with E-state index in [9.17, 15) is 9.59 Å². The van der Waals surface area contributed by atoms with E-state index in [2.05, 4.69) is 5.10 Å². The van der Waals surface area contributed by atoms with Crippen molar-refractivity contribution in [2.75, 3.05) is 0 Å². The maximum atomic E-state index is 11.9. The van der Waals surface area contributed by atoms with Gasteiger partial charge < -0.3 is 0 Å². The van der Waals surface area contributed by atoms with E-state index in [1.165, 1.54) is 4.68 Å². The van der Waals surface area contributed by atoms with Crippen molar-refractivity contribution in [3.8, 4) is 5.69 Å². The Morgan fingerprint density at radius 3 is 2.50 bits per heavy atom. The number of aryl methyl sites for hydroxylation is 1. The van der Waals surface area contributed by atoms with E-state index in [1.807, 2.05) is 37.3 Å². The molecule has 1 heterocycles. The van der Waals surface area contributed by atoms with Crippen LogP contribution < -0.4 is 5.56 Å². The molecule has 2 rings (SSSR count). The molecule has 1 aromatic carbocycles. The molecule has 0 unspecified atom stereocenters. The van der Waals surface area contributed by atoms with Crippen LogP contribution in [0, 0.1) is 0 Å². The molecule has 82 valence electrons. The average molecular weight is 216 g/mol. The Morgan fingerprint density at radius 2 is 2.00 bits per heavy atom. The van der Waals surface area contributed by atoms with Crippen molar-refractivity contribution in [1.82, 2.24) is 9.78 Å². The quantitative estimate of drug-likeness (QED) is 0.791. The fourth-order valence-corrected chi connectivity index (χ4v) is 1.65. The molecular weight excluding hydrogens is 204 g/mol. The van der Waals surface area contributed by atoms with E-state index in [1.54, 1.807) is 0 Å². The lowest BCUT2D eigenvalue weighted by atomic mass is 10.2. The molecule has 0 spiro atoms. The Kier molecular flexibility index (Phi) is 2.72. The smallest absolute Gasteiger partial charge is 0.282 e. The Hall–Kier alpha value is -2.10. The molecule has 2 aromatic rings. The monoisotopic (exact) mass is 216 g/mol. The van der Waals surface area contributed by atoms with Gasteiger partial charge in [-0.15, -0.1) is 0 Å².